The van der Waals surface area contributed by atoms with Crippen LogP contribution in [-0.2, 0) is 6.42 Å². The average molecular weight is 476 g/mol. The number of imidazole rings is 1. The van der Waals surface area contributed by atoms with Crippen LogP contribution >= 0.6 is 0 Å². The summed E-state index contributed by atoms with van der Waals surface area (Å²) in [6.07, 6.45) is 1.01. The largest absolute Gasteiger partial charge is 0.412 e. The molecule has 0 fully saturated rings. The van der Waals surface area contributed by atoms with Crippen LogP contribution in [0.1, 0.15) is 51.6 Å². The lowest BCUT2D eigenvalue weighted by molar-refractivity contribution is 0.0646. The standard InChI is InChI=1S/C23H18F2N8O2/c1-12-14(5-3-8-26-12)21-29-30-22(35-21)23(34)32-9-7-15-18(28-11-27-15)19(32)16-10-13-4-2-6-17(20(24)25)33(13)31-16/h2-6,8,10-11,19-20H,7,9H2,1H3,(H,27,28)/t19-/m0/s1. The summed E-state index contributed by atoms with van der Waals surface area (Å²) < 4.78 is 34.0. The second-order valence-corrected chi connectivity index (χ2v) is 8.12. The third-order valence-corrected chi connectivity index (χ3v) is 6.07. The van der Waals surface area contributed by atoms with Crippen molar-refractivity contribution in [3.05, 3.63) is 83.3 Å². The summed E-state index contributed by atoms with van der Waals surface area (Å²) in [5.74, 6) is -0.512. The molecule has 1 N–H and O–H groups in total. The van der Waals surface area contributed by atoms with Crippen molar-refractivity contribution >= 4 is 11.4 Å². The van der Waals surface area contributed by atoms with E-state index in [1.807, 2.05) is 0 Å². The highest BCUT2D eigenvalue weighted by molar-refractivity contribution is 5.90. The fourth-order valence-corrected chi connectivity index (χ4v) is 4.40. The number of aryl methyl sites for hydroxylation is 1. The first kappa shape index (κ1) is 21.1. The number of hydrogen-bond donors (Lipinski definition) is 1. The molecule has 176 valence electrons. The molecule has 1 aliphatic heterocycles. The van der Waals surface area contributed by atoms with Gasteiger partial charge in [-0.3, -0.25) is 9.78 Å². The molecule has 0 bridgehead atoms. The Morgan fingerprint density at radius 1 is 1.20 bits per heavy atom. The molecule has 1 aliphatic rings. The zero-order valence-electron chi connectivity index (χ0n) is 18.4. The molecule has 1 amide bonds. The Kier molecular flexibility index (Phi) is 4.87. The number of pyridine rings is 2. The quantitative estimate of drug-likeness (QED) is 0.422. The van der Waals surface area contributed by atoms with Crippen LogP contribution in [0.25, 0.3) is 17.0 Å². The zero-order chi connectivity index (χ0) is 24.1. The molecule has 12 heteroatoms. The molecule has 0 aliphatic carbocycles. The summed E-state index contributed by atoms with van der Waals surface area (Å²) in [7, 11) is 0. The van der Waals surface area contributed by atoms with Crippen molar-refractivity contribution in [1.29, 1.82) is 0 Å². The fraction of sp³-hybridized carbons (Fsp3) is 0.217. The number of aromatic nitrogens is 7. The summed E-state index contributed by atoms with van der Waals surface area (Å²) in [5.41, 5.74) is 3.41. The van der Waals surface area contributed by atoms with Crippen molar-refractivity contribution in [2.45, 2.75) is 25.8 Å². The minimum absolute atomic E-state index is 0.183. The van der Waals surface area contributed by atoms with E-state index in [2.05, 4.69) is 30.2 Å². The van der Waals surface area contributed by atoms with Crippen LogP contribution in [0.5, 0.6) is 0 Å². The molecule has 0 unspecified atom stereocenters. The number of alkyl halides is 2. The monoisotopic (exact) mass is 476 g/mol. The van der Waals surface area contributed by atoms with Gasteiger partial charge in [0.05, 0.1) is 28.8 Å². The molecule has 0 aromatic carbocycles. The van der Waals surface area contributed by atoms with Crippen molar-refractivity contribution in [2.75, 3.05) is 6.54 Å². The minimum atomic E-state index is -2.70. The topological polar surface area (TPSA) is 118 Å². The molecular formula is C23H18F2N8O2. The van der Waals surface area contributed by atoms with Gasteiger partial charge in [-0.15, -0.1) is 10.2 Å². The third-order valence-electron chi connectivity index (χ3n) is 6.07. The van der Waals surface area contributed by atoms with Gasteiger partial charge in [-0.1, -0.05) is 6.07 Å². The van der Waals surface area contributed by atoms with Crippen LogP contribution in [0.15, 0.2) is 53.3 Å². The van der Waals surface area contributed by atoms with Gasteiger partial charge in [-0.2, -0.15) is 5.10 Å². The minimum Gasteiger partial charge on any atom is -0.412 e. The van der Waals surface area contributed by atoms with Gasteiger partial charge in [0.2, 0.25) is 5.89 Å². The molecule has 35 heavy (non-hydrogen) atoms. The van der Waals surface area contributed by atoms with E-state index < -0.39 is 18.4 Å². The van der Waals surface area contributed by atoms with E-state index >= 15 is 0 Å². The Hall–Kier alpha value is -4.48. The molecule has 0 saturated carbocycles. The molecule has 0 spiro atoms. The van der Waals surface area contributed by atoms with Crippen LogP contribution in [-0.4, -0.2) is 52.1 Å². The van der Waals surface area contributed by atoms with Crippen molar-refractivity contribution in [2.24, 2.45) is 0 Å². The maximum atomic E-state index is 13.6. The van der Waals surface area contributed by atoms with Crippen molar-refractivity contribution in [3.8, 4) is 11.5 Å². The first-order valence-corrected chi connectivity index (χ1v) is 10.9. The summed E-state index contributed by atoms with van der Waals surface area (Å²) in [6.45, 7) is 2.12. The van der Waals surface area contributed by atoms with Gasteiger partial charge >= 0.3 is 11.8 Å². The molecular weight excluding hydrogens is 458 g/mol. The van der Waals surface area contributed by atoms with Crippen LogP contribution in [0.4, 0.5) is 8.78 Å². The van der Waals surface area contributed by atoms with E-state index in [1.165, 1.54) is 15.5 Å². The number of carbonyl (C=O) groups excluding carboxylic acids is 1. The van der Waals surface area contributed by atoms with E-state index in [0.29, 0.717) is 41.1 Å². The molecule has 5 aromatic rings. The predicted molar refractivity (Wildman–Crippen MR) is 118 cm³/mol. The highest BCUT2D eigenvalue weighted by Crippen LogP contribution is 2.35. The normalized spacial score (nSPS) is 15.7. The second-order valence-electron chi connectivity index (χ2n) is 8.12. The number of fused-ring (bicyclic) bond motifs is 2. The van der Waals surface area contributed by atoms with Crippen LogP contribution in [0.2, 0.25) is 0 Å². The third kappa shape index (κ3) is 3.45. The average Bonchev–Trinajstić information content (AvgIpc) is 3.62. The number of carbonyl (C=O) groups is 1. The maximum Gasteiger partial charge on any atom is 0.312 e. The van der Waals surface area contributed by atoms with Crippen LogP contribution < -0.4 is 0 Å². The number of halogens is 2. The van der Waals surface area contributed by atoms with Crippen molar-refractivity contribution < 1.29 is 18.0 Å². The lowest BCUT2D eigenvalue weighted by atomic mass is 9.99. The van der Waals surface area contributed by atoms with Crippen LogP contribution in [0, 0.1) is 6.92 Å². The number of rotatable bonds is 4. The SMILES string of the molecule is Cc1ncccc1-c1nnc(C(=O)N2CCc3[nH]cnc3[C@@H]2c2cc3cccc(C(F)F)n3n2)o1. The van der Waals surface area contributed by atoms with E-state index in [4.69, 9.17) is 4.42 Å². The summed E-state index contributed by atoms with van der Waals surface area (Å²) in [4.78, 5) is 26.8. The van der Waals surface area contributed by atoms with E-state index in [0.717, 1.165) is 5.69 Å². The molecule has 5 aromatic heterocycles. The van der Waals surface area contributed by atoms with Gasteiger partial charge in [-0.25, -0.2) is 18.3 Å². The smallest absolute Gasteiger partial charge is 0.312 e. The molecule has 10 nitrogen and oxygen atoms in total. The number of amides is 1. The zero-order valence-corrected chi connectivity index (χ0v) is 18.4. The summed E-state index contributed by atoms with van der Waals surface area (Å²) >= 11 is 0. The molecule has 0 saturated heterocycles. The molecule has 1 atom stereocenters. The molecule has 0 radical (unpaired) electrons. The maximum absolute atomic E-state index is 13.6. The van der Waals surface area contributed by atoms with Gasteiger partial charge in [0.1, 0.15) is 11.7 Å². The number of aromatic amines is 1. The Morgan fingerprint density at radius 3 is 2.91 bits per heavy atom. The Labute approximate surface area is 196 Å². The summed E-state index contributed by atoms with van der Waals surface area (Å²) in [5, 5.41) is 12.4. The van der Waals surface area contributed by atoms with Crippen molar-refractivity contribution in [3.63, 3.8) is 0 Å². The number of hydrogen-bond acceptors (Lipinski definition) is 7. The Morgan fingerprint density at radius 2 is 2.09 bits per heavy atom. The highest BCUT2D eigenvalue weighted by Gasteiger charge is 2.38. The van der Waals surface area contributed by atoms with Crippen molar-refractivity contribution in [1.82, 2.24) is 39.7 Å². The van der Waals surface area contributed by atoms with Gasteiger partial charge in [-0.05, 0) is 37.3 Å². The van der Waals surface area contributed by atoms with E-state index in [-0.39, 0.29) is 17.5 Å². The first-order chi connectivity index (χ1) is 17.0. The van der Waals surface area contributed by atoms with Gasteiger partial charge in [0, 0.05) is 30.6 Å². The fourth-order valence-electron chi connectivity index (χ4n) is 4.40. The van der Waals surface area contributed by atoms with E-state index in [9.17, 15) is 13.6 Å². The van der Waals surface area contributed by atoms with Gasteiger partial charge in [0.15, 0.2) is 0 Å². The number of nitrogens with zero attached hydrogens (tertiary/aromatic N) is 7. The lowest BCUT2D eigenvalue weighted by Crippen LogP contribution is -2.41. The van der Waals surface area contributed by atoms with Gasteiger partial charge < -0.3 is 14.3 Å². The number of nitrogens with one attached hydrogen (secondary N) is 1. The van der Waals surface area contributed by atoms with E-state index in [1.54, 1.807) is 49.8 Å². The highest BCUT2D eigenvalue weighted by atomic mass is 19.3. The molecule has 6 rings (SSSR count). The second kappa shape index (κ2) is 8.08. The number of H-pyrrole nitrogens is 1. The molecule has 6 heterocycles. The predicted octanol–water partition coefficient (Wildman–Crippen LogP) is 3.54. The first-order valence-electron chi connectivity index (χ1n) is 10.9. The van der Waals surface area contributed by atoms with Gasteiger partial charge in [0.25, 0.3) is 6.43 Å². The lowest BCUT2D eigenvalue weighted by Gasteiger charge is -2.32. The Bertz CT molecular complexity index is 1560. The summed E-state index contributed by atoms with van der Waals surface area (Å²) in [6, 6.07) is 9.03. The van der Waals surface area contributed by atoms with Crippen LogP contribution in [0.3, 0.4) is 0 Å². The Balaban J connectivity index is 1.42.